The van der Waals surface area contributed by atoms with Gasteiger partial charge in [0.2, 0.25) is 0 Å². The predicted octanol–water partition coefficient (Wildman–Crippen LogP) is 5.14. The number of aliphatic hydroxyl groups is 2. The number of nitrogens with zero attached hydrogens (tertiary/aromatic N) is 2. The molecule has 5 N–H and O–H groups in total. The molecule has 60 heavy (non-hydrogen) atoms. The minimum Gasteiger partial charge on any atom is -0.507 e. The molecule has 3 aliphatic heterocycles. The van der Waals surface area contributed by atoms with E-state index in [1.54, 1.807) is 51.9 Å². The van der Waals surface area contributed by atoms with Crippen LogP contribution in [0, 0.1) is 30.6 Å². The lowest BCUT2D eigenvalue weighted by molar-refractivity contribution is -0.160. The molecule has 16 heteroatoms. The summed E-state index contributed by atoms with van der Waals surface area (Å²) in [5, 5.41) is 51.7. The molecule has 3 aliphatic rings. The summed E-state index contributed by atoms with van der Waals surface area (Å²) in [7, 11) is 3.03. The Labute approximate surface area is 351 Å². The first kappa shape index (κ1) is 47.5. The number of carbonyl (C=O) groups is 4. The number of hydrogen-bond donors (Lipinski definition) is 5. The molecule has 0 saturated carbocycles. The number of hydrazine groups is 1. The molecule has 2 aromatic rings. The van der Waals surface area contributed by atoms with Crippen molar-refractivity contribution >= 4 is 40.0 Å². The van der Waals surface area contributed by atoms with Crippen molar-refractivity contribution in [1.82, 2.24) is 10.0 Å². The van der Waals surface area contributed by atoms with Crippen LogP contribution < -0.4 is 14.8 Å². The van der Waals surface area contributed by atoms with Gasteiger partial charge in [-0.15, -0.1) is 0 Å². The summed E-state index contributed by atoms with van der Waals surface area (Å²) in [6, 6.07) is 1.26. The largest absolute Gasteiger partial charge is 0.507 e. The van der Waals surface area contributed by atoms with E-state index in [0.717, 1.165) is 0 Å². The Morgan fingerprint density at radius 3 is 2.20 bits per heavy atom. The molecular weight excluding hydrogens is 778 g/mol. The highest BCUT2D eigenvalue weighted by molar-refractivity contribution is 6.21. The van der Waals surface area contributed by atoms with Crippen molar-refractivity contribution in [2.45, 2.75) is 99.4 Å². The van der Waals surface area contributed by atoms with Crippen LogP contribution in [0.4, 0.5) is 5.69 Å². The third-order valence-electron chi connectivity index (χ3n) is 11.7. The summed E-state index contributed by atoms with van der Waals surface area (Å²) >= 11 is 0. The summed E-state index contributed by atoms with van der Waals surface area (Å²) in [4.78, 5) is 53.8. The number of hydrogen-bond acceptors (Lipinski definition) is 14. The zero-order valence-corrected chi connectivity index (χ0v) is 36.6. The Balaban J connectivity index is 1.94. The number of aliphatic hydroxyl groups excluding tert-OH is 2. The summed E-state index contributed by atoms with van der Waals surface area (Å²) in [5.41, 5.74) is -0.0401. The van der Waals surface area contributed by atoms with E-state index in [4.69, 9.17) is 23.7 Å². The number of methoxy groups -OCH3 is 1. The maximum Gasteiger partial charge on any atom is 0.312 e. The normalized spacial score (nSPS) is 27.7. The number of Topliss-reactive ketones (excluding diaryl/α,β-unsaturated/α-hetero) is 1. The van der Waals surface area contributed by atoms with Crippen LogP contribution >= 0.6 is 0 Å². The number of ether oxygens (including phenoxy) is 5. The van der Waals surface area contributed by atoms with Crippen LogP contribution in [0.3, 0.4) is 0 Å². The molecular formula is C44H61N3O13. The highest BCUT2D eigenvalue weighted by Gasteiger charge is 2.50. The molecule has 2 amide bonds. The molecule has 3 heterocycles. The number of phenols is 2. The van der Waals surface area contributed by atoms with Gasteiger partial charge in [-0.3, -0.25) is 24.2 Å². The van der Waals surface area contributed by atoms with Crippen LogP contribution in [0.15, 0.2) is 42.2 Å². The number of aromatic hydroxyl groups is 2. The van der Waals surface area contributed by atoms with Crippen LogP contribution in [-0.2, 0) is 28.6 Å². The lowest BCUT2D eigenvalue weighted by atomic mass is 9.78. The van der Waals surface area contributed by atoms with E-state index < -0.39 is 95.5 Å². The second-order valence-corrected chi connectivity index (χ2v) is 15.7. The number of fused-ring (bicyclic) bond motifs is 14. The highest BCUT2D eigenvalue weighted by atomic mass is 16.7. The number of esters is 1. The first-order valence-corrected chi connectivity index (χ1v) is 20.2. The molecule has 9 atom stereocenters. The number of amides is 2. The van der Waals surface area contributed by atoms with Gasteiger partial charge in [0.05, 0.1) is 41.2 Å². The number of phenolic OH excluding ortho intramolecular Hbond substituents is 2. The van der Waals surface area contributed by atoms with Crippen molar-refractivity contribution in [3.8, 4) is 23.0 Å². The van der Waals surface area contributed by atoms with E-state index in [2.05, 4.69) is 5.32 Å². The average molecular weight is 840 g/mol. The average Bonchev–Trinajstić information content (AvgIpc) is 3.48. The fourth-order valence-corrected chi connectivity index (χ4v) is 7.79. The van der Waals surface area contributed by atoms with E-state index in [1.165, 1.54) is 64.3 Å². The zero-order chi connectivity index (χ0) is 45.0. The van der Waals surface area contributed by atoms with E-state index >= 15 is 0 Å². The van der Waals surface area contributed by atoms with Gasteiger partial charge in [-0.2, -0.15) is 0 Å². The number of carbonyl (C=O) groups excluding carboxylic acids is 4. The second-order valence-electron chi connectivity index (χ2n) is 15.7. The van der Waals surface area contributed by atoms with E-state index in [0.29, 0.717) is 13.1 Å². The SMILES string of the molecule is CCN(CC)N(C)C(=O)COc1cc2c(O)c3c(O)c(C)c4c(c13)C(=O)C(C)(OC=CC(OC)C(C)C(OC(C)=O)C(C)C(O)C(C)C(O)C(C)C=CC=C(C)C(=O)N2)O4. The minimum atomic E-state index is -2.03. The molecule has 9 unspecified atom stereocenters. The summed E-state index contributed by atoms with van der Waals surface area (Å²) in [6.45, 7) is 16.9. The number of anilines is 1. The van der Waals surface area contributed by atoms with Gasteiger partial charge in [0.25, 0.3) is 17.6 Å². The molecule has 16 nitrogen and oxygen atoms in total. The lowest BCUT2D eigenvalue weighted by Gasteiger charge is -2.38. The third kappa shape index (κ3) is 9.57. The molecule has 0 aromatic heterocycles. The zero-order valence-electron chi connectivity index (χ0n) is 36.6. The van der Waals surface area contributed by atoms with Crippen LogP contribution in [-0.4, -0.2) is 118 Å². The molecule has 0 radical (unpaired) electrons. The first-order chi connectivity index (χ1) is 28.1. The Morgan fingerprint density at radius 1 is 0.950 bits per heavy atom. The maximum atomic E-state index is 14.5. The van der Waals surface area contributed by atoms with Crippen molar-refractivity contribution in [2.75, 3.05) is 39.2 Å². The molecule has 0 aliphatic carbocycles. The number of benzene rings is 2. The fourth-order valence-electron chi connectivity index (χ4n) is 7.79. The topological polar surface area (TPSA) is 214 Å². The van der Waals surface area contributed by atoms with E-state index in [9.17, 15) is 39.6 Å². The minimum absolute atomic E-state index is 0.0652. The molecule has 2 aromatic carbocycles. The molecule has 0 saturated heterocycles. The number of allylic oxidation sites excluding steroid dienone is 2. The lowest BCUT2D eigenvalue weighted by Crippen LogP contribution is -2.46. The van der Waals surface area contributed by atoms with Crippen LogP contribution in [0.25, 0.3) is 10.8 Å². The summed E-state index contributed by atoms with van der Waals surface area (Å²) in [6.07, 6.45) is 3.57. The van der Waals surface area contributed by atoms with Crippen molar-refractivity contribution in [1.29, 1.82) is 0 Å². The Hall–Kier alpha value is -5.16. The van der Waals surface area contributed by atoms with E-state index in [-0.39, 0.29) is 44.7 Å². The van der Waals surface area contributed by atoms with Crippen molar-refractivity contribution in [3.05, 3.63) is 53.3 Å². The number of rotatable bonds is 8. The monoisotopic (exact) mass is 839 g/mol. The van der Waals surface area contributed by atoms with Gasteiger partial charge in [0, 0.05) is 87.4 Å². The smallest absolute Gasteiger partial charge is 0.312 e. The van der Waals surface area contributed by atoms with Gasteiger partial charge in [-0.25, -0.2) is 5.01 Å². The van der Waals surface area contributed by atoms with Gasteiger partial charge < -0.3 is 49.4 Å². The Morgan fingerprint density at radius 2 is 1.60 bits per heavy atom. The first-order valence-electron chi connectivity index (χ1n) is 20.2. The molecule has 5 bridgehead atoms. The standard InChI is InChI=1S/C44H61N3O13/c1-13-47(14-2)46(11)32(49)21-57-31-20-29-39(53)34-33(31)35-41(27(8)38(34)52)60-44(10,42(35)54)58-19-18-30(56-12)24(5)40(59-28(9)48)26(7)37(51)25(6)36(50)22(3)16-15-17-23(4)43(55)45-29/h15-20,22,24-26,30,36-37,40,50-53H,13-14,21H2,1-12H3,(H,45,55). The molecule has 0 spiro atoms. The van der Waals surface area contributed by atoms with Gasteiger partial charge in [-0.1, -0.05) is 59.8 Å². The second kappa shape index (κ2) is 19.5. The van der Waals surface area contributed by atoms with Crippen LogP contribution in [0.1, 0.15) is 78.2 Å². The predicted molar refractivity (Wildman–Crippen MR) is 223 cm³/mol. The fraction of sp³-hybridized carbons (Fsp3) is 0.545. The van der Waals surface area contributed by atoms with Gasteiger partial charge in [0.15, 0.2) is 12.4 Å². The van der Waals surface area contributed by atoms with Gasteiger partial charge >= 0.3 is 11.8 Å². The summed E-state index contributed by atoms with van der Waals surface area (Å²) in [5.74, 6) is -8.18. The Kier molecular flexibility index (Phi) is 15.4. The number of nitrogens with one attached hydrogen (secondary N) is 1. The summed E-state index contributed by atoms with van der Waals surface area (Å²) < 4.78 is 29.8. The Bertz CT molecular complexity index is 2040. The van der Waals surface area contributed by atoms with Crippen LogP contribution in [0.5, 0.6) is 23.0 Å². The van der Waals surface area contributed by atoms with Crippen LogP contribution in [0.2, 0.25) is 0 Å². The molecule has 5 rings (SSSR count). The van der Waals surface area contributed by atoms with Crippen molar-refractivity contribution < 1.29 is 63.3 Å². The molecule has 0 fully saturated rings. The molecule has 330 valence electrons. The van der Waals surface area contributed by atoms with E-state index in [1.807, 2.05) is 13.8 Å². The van der Waals surface area contributed by atoms with Gasteiger partial charge in [-0.05, 0) is 19.9 Å². The quantitative estimate of drug-likeness (QED) is 0.132. The number of likely N-dealkylation sites (N-methyl/N-ethyl adjacent to an activating group) is 1. The highest BCUT2D eigenvalue weighted by Crippen LogP contribution is 2.54. The third-order valence-corrected chi connectivity index (χ3v) is 11.7. The van der Waals surface area contributed by atoms with Gasteiger partial charge in [0.1, 0.15) is 23.4 Å². The maximum absolute atomic E-state index is 14.5. The van der Waals surface area contributed by atoms with Crippen molar-refractivity contribution in [2.24, 2.45) is 23.7 Å². The van der Waals surface area contributed by atoms with Crippen molar-refractivity contribution in [3.63, 3.8) is 0 Å². The number of ketones is 1.